The highest BCUT2D eigenvalue weighted by Crippen LogP contribution is 2.34. The fraction of sp³-hybridized carbons (Fsp3) is 0.391. The second-order valence-electron chi connectivity index (χ2n) is 8.03. The maximum absolute atomic E-state index is 13.3. The molecule has 10 heteroatoms. The molecule has 0 saturated carbocycles. The molecule has 33 heavy (non-hydrogen) atoms. The van der Waals surface area contributed by atoms with Crippen LogP contribution in [0.15, 0.2) is 47.4 Å². The number of ether oxygens (including phenoxy) is 2. The number of piperidine rings is 1. The van der Waals surface area contributed by atoms with Crippen LogP contribution in [0.2, 0.25) is 0 Å². The summed E-state index contributed by atoms with van der Waals surface area (Å²) < 4.78 is 39.0. The molecule has 176 valence electrons. The molecule has 0 unspecified atom stereocenters. The summed E-state index contributed by atoms with van der Waals surface area (Å²) >= 11 is 0. The average Bonchev–Trinajstić information content (AvgIpc) is 2.81. The molecule has 1 fully saturated rings. The number of nitrogens with zero attached hydrogens (tertiary/aromatic N) is 1. The van der Waals surface area contributed by atoms with Crippen LogP contribution in [0.3, 0.4) is 0 Å². The molecule has 0 aromatic heterocycles. The molecule has 2 atom stereocenters. The van der Waals surface area contributed by atoms with E-state index in [1.807, 2.05) is 13.0 Å². The van der Waals surface area contributed by atoms with Crippen LogP contribution >= 0.6 is 0 Å². The average molecular weight is 474 g/mol. The first-order valence-corrected chi connectivity index (χ1v) is 12.4. The number of carbonyl (C=O) groups is 2. The lowest BCUT2D eigenvalue weighted by molar-refractivity contribution is -0.123. The lowest BCUT2D eigenvalue weighted by atomic mass is 9.98. The topological polar surface area (TPSA) is 114 Å². The van der Waals surface area contributed by atoms with Crippen LogP contribution in [-0.2, 0) is 19.6 Å². The number of benzene rings is 2. The van der Waals surface area contributed by atoms with Crippen LogP contribution in [-0.4, -0.2) is 50.3 Å². The molecule has 2 heterocycles. The molecule has 2 amide bonds. The van der Waals surface area contributed by atoms with E-state index in [9.17, 15) is 18.0 Å². The van der Waals surface area contributed by atoms with Gasteiger partial charge in [0, 0.05) is 13.1 Å². The van der Waals surface area contributed by atoms with Gasteiger partial charge in [-0.25, -0.2) is 8.42 Å². The fourth-order valence-electron chi connectivity index (χ4n) is 3.96. The van der Waals surface area contributed by atoms with Crippen molar-refractivity contribution in [1.82, 2.24) is 4.31 Å². The van der Waals surface area contributed by atoms with E-state index >= 15 is 0 Å². The molecule has 0 bridgehead atoms. The third-order valence-electron chi connectivity index (χ3n) is 5.72. The van der Waals surface area contributed by atoms with Gasteiger partial charge in [0.2, 0.25) is 15.9 Å². The minimum atomic E-state index is -3.86. The number of hydrogen-bond acceptors (Lipinski definition) is 6. The van der Waals surface area contributed by atoms with Gasteiger partial charge in [-0.3, -0.25) is 9.59 Å². The SMILES string of the molecule is CCOc1ccccc1NC(=O)[C@H]1CCCN(S(=O)(=O)c2ccc3c(c2)NC(=O)[C@H](C)O3)C1. The number of nitrogens with one attached hydrogen (secondary N) is 2. The minimum Gasteiger partial charge on any atom is -0.492 e. The summed E-state index contributed by atoms with van der Waals surface area (Å²) in [6.07, 6.45) is 0.502. The Bertz CT molecular complexity index is 1170. The largest absolute Gasteiger partial charge is 0.492 e. The maximum Gasteiger partial charge on any atom is 0.265 e. The molecule has 4 rings (SSSR count). The Morgan fingerprint density at radius 1 is 1.27 bits per heavy atom. The van der Waals surface area contributed by atoms with Crippen LogP contribution in [0.25, 0.3) is 0 Å². The summed E-state index contributed by atoms with van der Waals surface area (Å²) in [5.41, 5.74) is 0.877. The number of amides is 2. The van der Waals surface area contributed by atoms with Crippen molar-refractivity contribution >= 4 is 33.2 Å². The first-order valence-electron chi connectivity index (χ1n) is 10.9. The van der Waals surface area contributed by atoms with Crippen molar-refractivity contribution in [2.45, 2.75) is 37.7 Å². The number of para-hydroxylation sites is 2. The van der Waals surface area contributed by atoms with Crippen molar-refractivity contribution in [1.29, 1.82) is 0 Å². The van der Waals surface area contributed by atoms with E-state index in [1.54, 1.807) is 25.1 Å². The molecule has 2 aliphatic rings. The molecular formula is C23H27N3O6S. The lowest BCUT2D eigenvalue weighted by Crippen LogP contribution is -2.43. The van der Waals surface area contributed by atoms with Gasteiger partial charge in [-0.15, -0.1) is 0 Å². The summed E-state index contributed by atoms with van der Waals surface area (Å²) in [5.74, 6) is -0.0860. The monoisotopic (exact) mass is 473 g/mol. The van der Waals surface area contributed by atoms with Gasteiger partial charge in [0.05, 0.1) is 28.8 Å². The van der Waals surface area contributed by atoms with Gasteiger partial charge < -0.3 is 20.1 Å². The third kappa shape index (κ3) is 4.81. The van der Waals surface area contributed by atoms with Gasteiger partial charge in [0.1, 0.15) is 11.5 Å². The van der Waals surface area contributed by atoms with Gasteiger partial charge in [0.15, 0.2) is 6.10 Å². The Morgan fingerprint density at radius 2 is 2.06 bits per heavy atom. The van der Waals surface area contributed by atoms with Gasteiger partial charge in [-0.05, 0) is 57.0 Å². The maximum atomic E-state index is 13.3. The molecular weight excluding hydrogens is 446 g/mol. The van der Waals surface area contributed by atoms with E-state index in [2.05, 4.69) is 10.6 Å². The van der Waals surface area contributed by atoms with Crippen LogP contribution in [0.4, 0.5) is 11.4 Å². The summed E-state index contributed by atoms with van der Waals surface area (Å²) in [5, 5.41) is 5.55. The number of fused-ring (bicyclic) bond motifs is 1. The van der Waals surface area contributed by atoms with Gasteiger partial charge >= 0.3 is 0 Å². The Labute approximate surface area is 193 Å². The molecule has 2 aliphatic heterocycles. The lowest BCUT2D eigenvalue weighted by Gasteiger charge is -2.31. The number of carbonyl (C=O) groups excluding carboxylic acids is 2. The van der Waals surface area contributed by atoms with E-state index in [0.717, 1.165) is 0 Å². The van der Waals surface area contributed by atoms with Crippen molar-refractivity contribution < 1.29 is 27.5 Å². The Morgan fingerprint density at radius 3 is 2.85 bits per heavy atom. The van der Waals surface area contributed by atoms with Crippen LogP contribution in [0.1, 0.15) is 26.7 Å². The third-order valence-corrected chi connectivity index (χ3v) is 7.58. The van der Waals surface area contributed by atoms with Crippen molar-refractivity contribution in [2.24, 2.45) is 5.92 Å². The normalized spacial score (nSPS) is 20.8. The van der Waals surface area contributed by atoms with Crippen molar-refractivity contribution in [2.75, 3.05) is 30.3 Å². The number of anilines is 2. The highest BCUT2D eigenvalue weighted by atomic mass is 32.2. The summed E-state index contributed by atoms with van der Waals surface area (Å²) in [6, 6.07) is 11.5. The van der Waals surface area contributed by atoms with E-state index in [0.29, 0.717) is 48.9 Å². The summed E-state index contributed by atoms with van der Waals surface area (Å²) in [7, 11) is -3.86. The molecule has 2 aromatic rings. The van der Waals surface area contributed by atoms with Crippen LogP contribution in [0, 0.1) is 5.92 Å². The molecule has 9 nitrogen and oxygen atoms in total. The van der Waals surface area contributed by atoms with Gasteiger partial charge in [0.25, 0.3) is 5.91 Å². The predicted octanol–water partition coefficient (Wildman–Crippen LogP) is 2.84. The van der Waals surface area contributed by atoms with E-state index in [4.69, 9.17) is 9.47 Å². The molecule has 2 N–H and O–H groups in total. The minimum absolute atomic E-state index is 0.0439. The van der Waals surface area contributed by atoms with Crippen molar-refractivity contribution in [3.05, 3.63) is 42.5 Å². The molecule has 0 aliphatic carbocycles. The highest BCUT2D eigenvalue weighted by molar-refractivity contribution is 7.89. The van der Waals surface area contributed by atoms with Gasteiger partial charge in [-0.2, -0.15) is 4.31 Å². The Balaban J connectivity index is 1.49. The molecule has 2 aromatic carbocycles. The quantitative estimate of drug-likeness (QED) is 0.667. The predicted molar refractivity (Wildman–Crippen MR) is 123 cm³/mol. The number of hydrogen-bond donors (Lipinski definition) is 2. The molecule has 0 spiro atoms. The second kappa shape index (κ2) is 9.40. The Hall–Kier alpha value is -3.11. The summed E-state index contributed by atoms with van der Waals surface area (Å²) in [6.45, 7) is 4.34. The smallest absolute Gasteiger partial charge is 0.265 e. The molecule has 0 radical (unpaired) electrons. The number of sulfonamides is 1. The first kappa shape index (κ1) is 23.1. The standard InChI is InChI=1S/C23H27N3O6S/c1-3-31-20-9-5-4-8-18(20)24-23(28)16-7-6-12-26(14-16)33(29,30)17-10-11-21-19(13-17)25-22(27)15(2)32-21/h4-5,8-11,13,15-16H,3,6-7,12,14H2,1-2H3,(H,24,28)(H,25,27)/t15-,16-/m0/s1. The van der Waals surface area contributed by atoms with Crippen LogP contribution < -0.4 is 20.1 Å². The first-order chi connectivity index (χ1) is 15.8. The fourth-order valence-corrected chi connectivity index (χ4v) is 5.51. The van der Waals surface area contributed by atoms with E-state index in [1.165, 1.54) is 22.5 Å². The second-order valence-corrected chi connectivity index (χ2v) is 9.97. The van der Waals surface area contributed by atoms with E-state index < -0.39 is 22.0 Å². The zero-order valence-electron chi connectivity index (χ0n) is 18.5. The van der Waals surface area contributed by atoms with Crippen molar-refractivity contribution in [3.8, 4) is 11.5 Å². The highest BCUT2D eigenvalue weighted by Gasteiger charge is 2.34. The number of rotatable bonds is 6. The van der Waals surface area contributed by atoms with Crippen molar-refractivity contribution in [3.63, 3.8) is 0 Å². The van der Waals surface area contributed by atoms with E-state index in [-0.39, 0.29) is 23.3 Å². The molecule has 1 saturated heterocycles. The zero-order valence-corrected chi connectivity index (χ0v) is 19.4. The van der Waals surface area contributed by atoms with Crippen LogP contribution in [0.5, 0.6) is 11.5 Å². The summed E-state index contributed by atoms with van der Waals surface area (Å²) in [4.78, 5) is 24.9. The van der Waals surface area contributed by atoms with Gasteiger partial charge in [-0.1, -0.05) is 12.1 Å². The zero-order chi connectivity index (χ0) is 23.6. The Kier molecular flexibility index (Phi) is 6.57.